The van der Waals surface area contributed by atoms with Gasteiger partial charge in [-0.3, -0.25) is 0 Å². The lowest BCUT2D eigenvalue weighted by Gasteiger charge is -2.21. The number of hydrogen-bond acceptors (Lipinski definition) is 3. The number of ether oxygens (including phenoxy) is 1. The molecule has 0 bridgehead atoms. The van der Waals surface area contributed by atoms with Crippen LogP contribution in [0.4, 0.5) is 0 Å². The van der Waals surface area contributed by atoms with E-state index < -0.39 is 6.10 Å². The van der Waals surface area contributed by atoms with Crippen molar-refractivity contribution in [3.05, 3.63) is 35.4 Å². The summed E-state index contributed by atoms with van der Waals surface area (Å²) in [6, 6.07) is 8.30. The summed E-state index contributed by atoms with van der Waals surface area (Å²) >= 11 is 0. The maximum atomic E-state index is 10.3. The topological polar surface area (TPSA) is 41.5 Å². The smallest absolute Gasteiger partial charge is 0.0940 e. The van der Waals surface area contributed by atoms with Crippen molar-refractivity contribution in [2.24, 2.45) is 0 Å². The average Bonchev–Trinajstić information content (AvgIpc) is 2.46. The second kappa shape index (κ2) is 9.11. The molecule has 0 spiro atoms. The molecule has 1 aromatic carbocycles. The Kier molecular flexibility index (Phi) is 7.82. The van der Waals surface area contributed by atoms with Crippen LogP contribution in [-0.2, 0) is 4.74 Å². The van der Waals surface area contributed by atoms with Gasteiger partial charge in [-0.1, -0.05) is 38.1 Å². The highest BCUT2D eigenvalue weighted by Crippen LogP contribution is 2.20. The van der Waals surface area contributed by atoms with Crippen molar-refractivity contribution in [3.63, 3.8) is 0 Å². The third kappa shape index (κ3) is 5.61. The van der Waals surface area contributed by atoms with E-state index in [1.165, 1.54) is 5.56 Å². The monoisotopic (exact) mass is 279 g/mol. The summed E-state index contributed by atoms with van der Waals surface area (Å²) in [6.07, 6.45) is 0.500. The minimum atomic E-state index is -0.469. The van der Waals surface area contributed by atoms with Crippen molar-refractivity contribution in [2.75, 3.05) is 19.8 Å². The third-order valence-electron chi connectivity index (χ3n) is 3.55. The molecule has 2 unspecified atom stereocenters. The molecule has 1 aromatic rings. The van der Waals surface area contributed by atoms with Crippen molar-refractivity contribution in [1.82, 2.24) is 5.32 Å². The Balaban J connectivity index is 2.41. The molecule has 0 aliphatic rings. The molecule has 20 heavy (non-hydrogen) atoms. The lowest BCUT2D eigenvalue weighted by atomic mass is 9.98. The third-order valence-corrected chi connectivity index (χ3v) is 3.55. The van der Waals surface area contributed by atoms with Crippen molar-refractivity contribution < 1.29 is 9.84 Å². The molecule has 0 fully saturated rings. The molecule has 0 amide bonds. The van der Waals surface area contributed by atoms with Crippen LogP contribution in [0, 0.1) is 0 Å². The lowest BCUT2D eigenvalue weighted by molar-refractivity contribution is 0.125. The number of benzene rings is 1. The molecule has 0 aliphatic heterocycles. The first-order chi connectivity index (χ1) is 9.56. The number of rotatable bonds is 9. The van der Waals surface area contributed by atoms with E-state index >= 15 is 0 Å². The highest BCUT2D eigenvalue weighted by molar-refractivity contribution is 5.26. The second-order valence-corrected chi connectivity index (χ2v) is 5.56. The van der Waals surface area contributed by atoms with Crippen LogP contribution in [0.3, 0.4) is 0 Å². The van der Waals surface area contributed by atoms with Gasteiger partial charge in [-0.15, -0.1) is 0 Å². The summed E-state index contributed by atoms with van der Waals surface area (Å²) in [5.41, 5.74) is 2.28. The number of nitrogens with one attached hydrogen (secondary N) is 1. The molecule has 0 saturated carbocycles. The Hall–Kier alpha value is -0.900. The lowest BCUT2D eigenvalue weighted by Crippen LogP contribution is -2.33. The zero-order chi connectivity index (χ0) is 15.0. The maximum Gasteiger partial charge on any atom is 0.0940 e. The van der Waals surface area contributed by atoms with Gasteiger partial charge in [0.25, 0.3) is 0 Å². The van der Waals surface area contributed by atoms with Gasteiger partial charge in [-0.2, -0.15) is 0 Å². The Morgan fingerprint density at radius 3 is 2.25 bits per heavy atom. The summed E-state index contributed by atoms with van der Waals surface area (Å²) in [5, 5.41) is 13.7. The molecule has 2 atom stereocenters. The zero-order valence-electron chi connectivity index (χ0n) is 13.2. The Morgan fingerprint density at radius 1 is 1.10 bits per heavy atom. The van der Waals surface area contributed by atoms with Gasteiger partial charge in [0.1, 0.15) is 0 Å². The van der Waals surface area contributed by atoms with E-state index in [9.17, 15) is 5.11 Å². The molecule has 3 nitrogen and oxygen atoms in total. The first-order valence-electron chi connectivity index (χ1n) is 7.65. The molecule has 0 radical (unpaired) electrons. The fourth-order valence-corrected chi connectivity index (χ4v) is 2.13. The summed E-state index contributed by atoms with van der Waals surface area (Å²) in [4.78, 5) is 0. The number of hydrogen-bond donors (Lipinski definition) is 2. The molecule has 114 valence electrons. The quantitative estimate of drug-likeness (QED) is 0.682. The van der Waals surface area contributed by atoms with Crippen molar-refractivity contribution >= 4 is 0 Å². The standard InChI is InChI=1S/C17H29NO2/c1-5-20-12-6-11-18-14(4)17(19)16-9-7-15(8-10-16)13(2)3/h7-10,13-14,17-19H,5-6,11-12H2,1-4H3. The molecule has 0 heterocycles. The SMILES string of the molecule is CCOCCCNC(C)C(O)c1ccc(C(C)C)cc1. The van der Waals surface area contributed by atoms with Gasteiger partial charge >= 0.3 is 0 Å². The summed E-state index contributed by atoms with van der Waals surface area (Å²) < 4.78 is 5.29. The van der Waals surface area contributed by atoms with Gasteiger partial charge in [0.05, 0.1) is 6.10 Å². The highest BCUT2D eigenvalue weighted by atomic mass is 16.5. The number of aliphatic hydroxyl groups is 1. The van der Waals surface area contributed by atoms with E-state index in [0.29, 0.717) is 5.92 Å². The van der Waals surface area contributed by atoms with E-state index in [2.05, 4.69) is 31.3 Å². The van der Waals surface area contributed by atoms with Crippen molar-refractivity contribution in [1.29, 1.82) is 0 Å². The highest BCUT2D eigenvalue weighted by Gasteiger charge is 2.15. The normalized spacial score (nSPS) is 14.5. The van der Waals surface area contributed by atoms with Crippen molar-refractivity contribution in [2.45, 2.75) is 52.2 Å². The van der Waals surface area contributed by atoms with Gasteiger partial charge < -0.3 is 15.2 Å². The van der Waals surface area contributed by atoms with E-state index in [0.717, 1.165) is 31.7 Å². The molecular weight excluding hydrogens is 250 g/mol. The Morgan fingerprint density at radius 2 is 1.70 bits per heavy atom. The number of aliphatic hydroxyl groups excluding tert-OH is 1. The van der Waals surface area contributed by atoms with Crippen LogP contribution in [0.15, 0.2) is 24.3 Å². The molecule has 0 aliphatic carbocycles. The Bertz CT molecular complexity index is 362. The van der Waals surface area contributed by atoms with Gasteiger partial charge in [-0.05, 0) is 43.9 Å². The van der Waals surface area contributed by atoms with Crippen LogP contribution in [0.2, 0.25) is 0 Å². The van der Waals surface area contributed by atoms with Crippen LogP contribution in [0.1, 0.15) is 57.3 Å². The van der Waals surface area contributed by atoms with Crippen LogP contribution >= 0.6 is 0 Å². The minimum absolute atomic E-state index is 0.0431. The van der Waals surface area contributed by atoms with Crippen molar-refractivity contribution in [3.8, 4) is 0 Å². The fourth-order valence-electron chi connectivity index (χ4n) is 2.13. The predicted octanol–water partition coefficient (Wildman–Crippen LogP) is 3.25. The van der Waals surface area contributed by atoms with E-state index in [1.807, 2.05) is 26.0 Å². The molecule has 2 N–H and O–H groups in total. The second-order valence-electron chi connectivity index (χ2n) is 5.56. The molecule has 0 aromatic heterocycles. The molecule has 1 rings (SSSR count). The zero-order valence-corrected chi connectivity index (χ0v) is 13.2. The van der Waals surface area contributed by atoms with E-state index in [-0.39, 0.29) is 6.04 Å². The summed E-state index contributed by atoms with van der Waals surface area (Å²) in [7, 11) is 0. The van der Waals surface area contributed by atoms with Crippen LogP contribution in [-0.4, -0.2) is 30.9 Å². The van der Waals surface area contributed by atoms with E-state index in [1.54, 1.807) is 0 Å². The first-order valence-corrected chi connectivity index (χ1v) is 7.65. The average molecular weight is 279 g/mol. The summed E-state index contributed by atoms with van der Waals surface area (Å²) in [5.74, 6) is 0.523. The fraction of sp³-hybridized carbons (Fsp3) is 0.647. The van der Waals surface area contributed by atoms with E-state index in [4.69, 9.17) is 4.74 Å². The maximum absolute atomic E-state index is 10.3. The summed E-state index contributed by atoms with van der Waals surface area (Å²) in [6.45, 7) is 10.8. The Labute approximate surface area is 123 Å². The van der Waals surface area contributed by atoms with Gasteiger partial charge in [0.2, 0.25) is 0 Å². The largest absolute Gasteiger partial charge is 0.387 e. The van der Waals surface area contributed by atoms with Crippen LogP contribution in [0.5, 0.6) is 0 Å². The van der Waals surface area contributed by atoms with Crippen LogP contribution < -0.4 is 5.32 Å². The van der Waals surface area contributed by atoms with Gasteiger partial charge in [-0.25, -0.2) is 0 Å². The minimum Gasteiger partial charge on any atom is -0.387 e. The predicted molar refractivity (Wildman–Crippen MR) is 84.1 cm³/mol. The first kappa shape index (κ1) is 17.2. The van der Waals surface area contributed by atoms with Gasteiger partial charge in [0.15, 0.2) is 0 Å². The van der Waals surface area contributed by atoms with Crippen LogP contribution in [0.25, 0.3) is 0 Å². The molecular formula is C17H29NO2. The molecule has 0 saturated heterocycles. The van der Waals surface area contributed by atoms with Gasteiger partial charge in [0, 0.05) is 19.3 Å². The molecule has 3 heteroatoms.